The molecule has 3 aromatic rings. The maximum absolute atomic E-state index is 13.4. The van der Waals surface area contributed by atoms with Gasteiger partial charge in [0.05, 0.1) is 40.6 Å². The number of hydrogen-bond donors (Lipinski definition) is 0. The van der Waals surface area contributed by atoms with Gasteiger partial charge in [-0.2, -0.15) is 0 Å². The molecule has 0 N–H and O–H groups in total. The Bertz CT molecular complexity index is 1250. The first-order chi connectivity index (χ1) is 18.0. The van der Waals surface area contributed by atoms with Gasteiger partial charge in [0.1, 0.15) is 0 Å². The predicted octanol–water partition coefficient (Wildman–Crippen LogP) is 2.88. The lowest BCUT2D eigenvalue weighted by molar-refractivity contribution is 0.0742. The van der Waals surface area contributed by atoms with E-state index in [-0.39, 0.29) is 5.91 Å². The molecular formula is C26H33N5O6. The molecule has 0 saturated carbocycles. The van der Waals surface area contributed by atoms with Crippen LogP contribution < -0.4 is 28.6 Å². The van der Waals surface area contributed by atoms with E-state index in [0.29, 0.717) is 72.9 Å². The zero-order chi connectivity index (χ0) is 26.5. The molecule has 2 aromatic carbocycles. The number of anilines is 1. The summed E-state index contributed by atoms with van der Waals surface area (Å²) < 4.78 is 29.3. The highest BCUT2D eigenvalue weighted by molar-refractivity contribution is 5.98. The summed E-state index contributed by atoms with van der Waals surface area (Å²) in [6, 6.07) is 9.12. The van der Waals surface area contributed by atoms with Crippen molar-refractivity contribution >= 4 is 11.9 Å². The van der Waals surface area contributed by atoms with E-state index in [9.17, 15) is 4.79 Å². The maximum Gasteiger partial charge on any atom is 0.257 e. The molecule has 1 saturated heterocycles. The van der Waals surface area contributed by atoms with Crippen LogP contribution in [-0.2, 0) is 7.05 Å². The van der Waals surface area contributed by atoms with Crippen LogP contribution in [0.25, 0.3) is 11.4 Å². The van der Waals surface area contributed by atoms with E-state index in [2.05, 4.69) is 15.1 Å². The van der Waals surface area contributed by atoms with Crippen LogP contribution in [0.4, 0.5) is 5.95 Å². The Labute approximate surface area is 216 Å². The van der Waals surface area contributed by atoms with Crippen LogP contribution >= 0.6 is 0 Å². The minimum Gasteiger partial charge on any atom is -0.493 e. The number of carbonyl (C=O) groups excluding carboxylic acids is 1. The van der Waals surface area contributed by atoms with E-state index in [0.717, 1.165) is 11.5 Å². The molecule has 0 spiro atoms. The van der Waals surface area contributed by atoms with Gasteiger partial charge in [-0.15, -0.1) is 10.2 Å². The lowest BCUT2D eigenvalue weighted by Gasteiger charge is -2.35. The summed E-state index contributed by atoms with van der Waals surface area (Å²) in [4.78, 5) is 17.3. The van der Waals surface area contributed by atoms with Crippen LogP contribution in [0.2, 0.25) is 0 Å². The van der Waals surface area contributed by atoms with Gasteiger partial charge in [0.2, 0.25) is 11.7 Å². The monoisotopic (exact) mass is 511 g/mol. The number of aromatic nitrogens is 3. The second-order valence-corrected chi connectivity index (χ2v) is 8.34. The molecule has 0 bridgehead atoms. The van der Waals surface area contributed by atoms with Gasteiger partial charge in [0, 0.05) is 38.8 Å². The molecule has 198 valence electrons. The summed E-state index contributed by atoms with van der Waals surface area (Å²) in [5.41, 5.74) is 1.30. The van der Waals surface area contributed by atoms with Gasteiger partial charge in [-0.1, -0.05) is 0 Å². The van der Waals surface area contributed by atoms with Crippen LogP contribution in [0.1, 0.15) is 17.3 Å². The highest BCUT2D eigenvalue weighted by Gasteiger charge is 2.29. The summed E-state index contributed by atoms with van der Waals surface area (Å²) in [5.74, 6) is 3.90. The quantitative estimate of drug-likeness (QED) is 0.429. The molecule has 1 fully saturated rings. The number of nitrogens with zero attached hydrogens (tertiary/aromatic N) is 5. The first-order valence-electron chi connectivity index (χ1n) is 12.0. The third-order valence-corrected chi connectivity index (χ3v) is 6.36. The zero-order valence-electron chi connectivity index (χ0n) is 22.1. The van der Waals surface area contributed by atoms with E-state index in [1.807, 2.05) is 36.7 Å². The first kappa shape index (κ1) is 25.9. The molecule has 11 nitrogen and oxygen atoms in total. The third-order valence-electron chi connectivity index (χ3n) is 6.36. The molecule has 4 rings (SSSR count). The van der Waals surface area contributed by atoms with Gasteiger partial charge in [0.15, 0.2) is 28.8 Å². The predicted molar refractivity (Wildman–Crippen MR) is 138 cm³/mol. The lowest BCUT2D eigenvalue weighted by Crippen LogP contribution is -2.49. The van der Waals surface area contributed by atoms with E-state index < -0.39 is 0 Å². The largest absolute Gasteiger partial charge is 0.493 e. The van der Waals surface area contributed by atoms with Crippen molar-refractivity contribution in [2.75, 3.05) is 66.1 Å². The van der Waals surface area contributed by atoms with Gasteiger partial charge >= 0.3 is 0 Å². The second-order valence-electron chi connectivity index (χ2n) is 8.34. The van der Waals surface area contributed by atoms with Crippen molar-refractivity contribution in [3.8, 4) is 40.1 Å². The number of amides is 1. The molecule has 11 heteroatoms. The average molecular weight is 512 g/mol. The minimum atomic E-state index is -0.127. The Morgan fingerprint density at radius 2 is 1.51 bits per heavy atom. The summed E-state index contributed by atoms with van der Waals surface area (Å²) in [6.45, 7) is 4.75. The fraction of sp³-hybridized carbons (Fsp3) is 0.423. The second kappa shape index (κ2) is 11.3. The number of methoxy groups -OCH3 is 4. The van der Waals surface area contributed by atoms with Gasteiger partial charge in [-0.3, -0.25) is 9.36 Å². The minimum absolute atomic E-state index is 0.127. The van der Waals surface area contributed by atoms with E-state index in [1.54, 1.807) is 31.3 Å². The lowest BCUT2D eigenvalue weighted by atomic mass is 10.1. The van der Waals surface area contributed by atoms with Gasteiger partial charge in [-0.05, 0) is 37.3 Å². The zero-order valence-corrected chi connectivity index (χ0v) is 22.1. The number of hydrogen-bond acceptors (Lipinski definition) is 9. The number of piperazine rings is 1. The van der Waals surface area contributed by atoms with E-state index in [1.165, 1.54) is 14.2 Å². The molecule has 0 radical (unpaired) electrons. The summed E-state index contributed by atoms with van der Waals surface area (Å²) in [6.07, 6.45) is 0. The summed E-state index contributed by atoms with van der Waals surface area (Å²) in [7, 11) is 8.12. The van der Waals surface area contributed by atoms with Crippen molar-refractivity contribution in [3.63, 3.8) is 0 Å². The Balaban J connectivity index is 1.49. The van der Waals surface area contributed by atoms with Gasteiger partial charge < -0.3 is 33.5 Å². The van der Waals surface area contributed by atoms with Crippen LogP contribution in [0.15, 0.2) is 30.3 Å². The molecule has 0 aliphatic carbocycles. The van der Waals surface area contributed by atoms with Crippen LogP contribution in [0.5, 0.6) is 28.7 Å². The number of ether oxygens (including phenoxy) is 5. The standard InChI is InChI=1S/C26H33N5O6/c1-7-37-19-10-8-17(16-21(19)34-4)24-27-28-26(29(24)2)31-14-12-30(13-15-31)25(32)18-9-11-20(33-3)23(36-6)22(18)35-5/h8-11,16H,7,12-15H2,1-6H3. The molecular weight excluding hydrogens is 478 g/mol. The molecule has 2 heterocycles. The van der Waals surface area contributed by atoms with Crippen LogP contribution in [-0.4, -0.2) is 86.8 Å². The van der Waals surface area contributed by atoms with Gasteiger partial charge in [-0.25, -0.2) is 0 Å². The molecule has 1 amide bonds. The van der Waals surface area contributed by atoms with Crippen molar-refractivity contribution in [1.29, 1.82) is 0 Å². The highest BCUT2D eigenvalue weighted by atomic mass is 16.5. The van der Waals surface area contributed by atoms with Crippen LogP contribution in [0.3, 0.4) is 0 Å². The third kappa shape index (κ3) is 4.93. The van der Waals surface area contributed by atoms with E-state index in [4.69, 9.17) is 23.7 Å². The first-order valence-corrected chi connectivity index (χ1v) is 12.0. The molecule has 1 aromatic heterocycles. The topological polar surface area (TPSA) is 100 Å². The maximum atomic E-state index is 13.4. The average Bonchev–Trinajstić information content (AvgIpc) is 3.33. The molecule has 0 unspecified atom stereocenters. The molecule has 0 atom stereocenters. The van der Waals surface area contributed by atoms with Crippen molar-refractivity contribution in [2.24, 2.45) is 7.05 Å². The smallest absolute Gasteiger partial charge is 0.257 e. The van der Waals surface area contributed by atoms with Crippen molar-refractivity contribution < 1.29 is 28.5 Å². The molecule has 37 heavy (non-hydrogen) atoms. The van der Waals surface area contributed by atoms with Crippen LogP contribution in [0, 0.1) is 0 Å². The van der Waals surface area contributed by atoms with Crippen molar-refractivity contribution in [2.45, 2.75) is 6.92 Å². The fourth-order valence-electron chi connectivity index (χ4n) is 4.48. The van der Waals surface area contributed by atoms with Gasteiger partial charge in [0.25, 0.3) is 5.91 Å². The summed E-state index contributed by atoms with van der Waals surface area (Å²) in [5, 5.41) is 8.86. The number of benzene rings is 2. The van der Waals surface area contributed by atoms with Crippen molar-refractivity contribution in [3.05, 3.63) is 35.9 Å². The van der Waals surface area contributed by atoms with Crippen molar-refractivity contribution in [1.82, 2.24) is 19.7 Å². The fourth-order valence-corrected chi connectivity index (χ4v) is 4.48. The Hall–Kier alpha value is -4.15. The Morgan fingerprint density at radius 3 is 2.14 bits per heavy atom. The number of rotatable bonds is 9. The molecule has 1 aliphatic heterocycles. The SMILES string of the molecule is CCOc1ccc(-c2nnc(N3CCN(C(=O)c4ccc(OC)c(OC)c4OC)CC3)n2C)cc1OC. The van der Waals surface area contributed by atoms with E-state index >= 15 is 0 Å². The normalized spacial score (nSPS) is 13.4. The Morgan fingerprint density at radius 1 is 0.838 bits per heavy atom. The summed E-state index contributed by atoms with van der Waals surface area (Å²) >= 11 is 0. The highest BCUT2D eigenvalue weighted by Crippen LogP contribution is 2.40. The molecule has 1 aliphatic rings. The Kier molecular flexibility index (Phi) is 7.90. The number of carbonyl (C=O) groups is 1.